The summed E-state index contributed by atoms with van der Waals surface area (Å²) in [6.45, 7) is 1.05. The maximum absolute atomic E-state index is 12.6. The highest BCUT2D eigenvalue weighted by atomic mass is 35.5. The number of hydrogen-bond donors (Lipinski definition) is 0. The van der Waals surface area contributed by atoms with Gasteiger partial charge < -0.3 is 4.90 Å². The zero-order valence-electron chi connectivity index (χ0n) is 12.7. The number of sulfonamides is 1. The Bertz CT molecular complexity index is 837. The second-order valence-corrected chi connectivity index (χ2v) is 7.62. The number of nitrogens with zero attached hydrogens (tertiary/aromatic N) is 4. The summed E-state index contributed by atoms with van der Waals surface area (Å²) in [4.78, 5) is 21.9. The van der Waals surface area contributed by atoms with Gasteiger partial charge in [-0.1, -0.05) is 17.7 Å². The van der Waals surface area contributed by atoms with Crippen LogP contribution in [0, 0.1) is 0 Å². The zero-order valence-corrected chi connectivity index (χ0v) is 14.2. The van der Waals surface area contributed by atoms with E-state index in [0.29, 0.717) is 18.1 Å². The molecule has 0 saturated carbocycles. The van der Waals surface area contributed by atoms with Crippen molar-refractivity contribution in [2.24, 2.45) is 0 Å². The summed E-state index contributed by atoms with van der Waals surface area (Å²) in [5.41, 5.74) is 0.253. The molecule has 1 amide bonds. The molecule has 24 heavy (non-hydrogen) atoms. The Morgan fingerprint density at radius 2 is 1.88 bits per heavy atom. The average Bonchev–Trinajstić information content (AvgIpc) is 2.62. The van der Waals surface area contributed by atoms with Crippen molar-refractivity contribution in [3.63, 3.8) is 0 Å². The Morgan fingerprint density at radius 1 is 1.12 bits per heavy atom. The van der Waals surface area contributed by atoms with E-state index in [-0.39, 0.29) is 29.6 Å². The molecule has 1 fully saturated rings. The highest BCUT2D eigenvalue weighted by Crippen LogP contribution is 2.21. The number of carbonyl (C=O) groups is 1. The van der Waals surface area contributed by atoms with Gasteiger partial charge in [0.05, 0.1) is 11.1 Å². The Balaban J connectivity index is 1.70. The van der Waals surface area contributed by atoms with Gasteiger partial charge in [-0.2, -0.15) is 4.31 Å². The van der Waals surface area contributed by atoms with Crippen LogP contribution in [0.15, 0.2) is 47.8 Å². The Kier molecular flexibility index (Phi) is 4.79. The van der Waals surface area contributed by atoms with E-state index in [9.17, 15) is 13.2 Å². The first-order valence-corrected chi connectivity index (χ1v) is 9.11. The smallest absolute Gasteiger partial charge is 0.274 e. The first-order chi connectivity index (χ1) is 11.5. The molecule has 126 valence electrons. The molecule has 0 N–H and O–H groups in total. The highest BCUT2D eigenvalue weighted by Gasteiger charge is 2.30. The molecular weight excluding hydrogens is 352 g/mol. The number of carbonyl (C=O) groups excluding carboxylic acids is 1. The predicted octanol–water partition coefficient (Wildman–Crippen LogP) is 1.28. The van der Waals surface area contributed by atoms with Crippen LogP contribution in [0.4, 0.5) is 0 Å². The van der Waals surface area contributed by atoms with Gasteiger partial charge in [0.2, 0.25) is 10.0 Å². The van der Waals surface area contributed by atoms with Gasteiger partial charge in [0.15, 0.2) is 0 Å². The topological polar surface area (TPSA) is 83.5 Å². The van der Waals surface area contributed by atoms with Crippen LogP contribution in [0.25, 0.3) is 0 Å². The number of piperazine rings is 1. The van der Waals surface area contributed by atoms with E-state index in [0.717, 1.165) is 0 Å². The molecule has 1 saturated heterocycles. The van der Waals surface area contributed by atoms with Crippen molar-refractivity contribution in [3.8, 4) is 0 Å². The summed E-state index contributed by atoms with van der Waals surface area (Å²) >= 11 is 5.87. The van der Waals surface area contributed by atoms with Gasteiger partial charge in [-0.05, 0) is 18.2 Å². The molecule has 0 bridgehead atoms. The van der Waals surface area contributed by atoms with Crippen LogP contribution in [0.5, 0.6) is 0 Å². The molecule has 1 aromatic carbocycles. The summed E-state index contributed by atoms with van der Waals surface area (Å²) in [6, 6.07) is 6.16. The third kappa shape index (κ3) is 3.40. The minimum absolute atomic E-state index is 0.156. The summed E-state index contributed by atoms with van der Waals surface area (Å²) < 4.78 is 26.6. The number of aromatic nitrogens is 2. The van der Waals surface area contributed by atoms with Gasteiger partial charge in [0.25, 0.3) is 5.91 Å². The van der Waals surface area contributed by atoms with Crippen molar-refractivity contribution < 1.29 is 13.2 Å². The van der Waals surface area contributed by atoms with Crippen molar-refractivity contribution in [1.29, 1.82) is 0 Å². The predicted molar refractivity (Wildman–Crippen MR) is 88.1 cm³/mol. The first kappa shape index (κ1) is 16.8. The van der Waals surface area contributed by atoms with Crippen LogP contribution in [-0.2, 0) is 10.0 Å². The molecular formula is C15H15ClN4O3S. The van der Waals surface area contributed by atoms with Crippen LogP contribution < -0.4 is 0 Å². The molecule has 2 heterocycles. The van der Waals surface area contributed by atoms with Crippen LogP contribution in [0.3, 0.4) is 0 Å². The van der Waals surface area contributed by atoms with Gasteiger partial charge >= 0.3 is 0 Å². The molecule has 1 aliphatic heterocycles. The molecule has 3 rings (SSSR count). The fraction of sp³-hybridized carbons (Fsp3) is 0.267. The van der Waals surface area contributed by atoms with E-state index in [4.69, 9.17) is 11.6 Å². The Labute approximate surface area is 144 Å². The van der Waals surface area contributed by atoms with Gasteiger partial charge in [0, 0.05) is 43.6 Å². The Morgan fingerprint density at radius 3 is 2.50 bits per heavy atom. The molecule has 0 aliphatic carbocycles. The standard InChI is InChI=1S/C15H15ClN4O3S/c16-12-2-1-3-13(10-12)24(22,23)20-8-6-19(7-9-20)15(21)14-11-17-4-5-18-14/h1-5,10-11H,6-9H2. The number of halogens is 1. The highest BCUT2D eigenvalue weighted by molar-refractivity contribution is 7.89. The SMILES string of the molecule is O=C(c1cnccn1)N1CCN(S(=O)(=O)c2cccc(Cl)c2)CC1. The van der Waals surface area contributed by atoms with E-state index in [1.807, 2.05) is 0 Å². The van der Waals surface area contributed by atoms with E-state index in [1.165, 1.54) is 35.0 Å². The lowest BCUT2D eigenvalue weighted by atomic mass is 10.3. The molecule has 0 atom stereocenters. The van der Waals surface area contributed by atoms with Crippen molar-refractivity contribution in [2.75, 3.05) is 26.2 Å². The van der Waals surface area contributed by atoms with Gasteiger partial charge in [0.1, 0.15) is 5.69 Å². The lowest BCUT2D eigenvalue weighted by Crippen LogP contribution is -2.50. The molecule has 7 nitrogen and oxygen atoms in total. The number of benzene rings is 1. The lowest BCUT2D eigenvalue weighted by molar-refractivity contribution is 0.0691. The fourth-order valence-electron chi connectivity index (χ4n) is 2.48. The van der Waals surface area contributed by atoms with Crippen molar-refractivity contribution in [1.82, 2.24) is 19.2 Å². The maximum atomic E-state index is 12.6. The summed E-state index contributed by atoms with van der Waals surface area (Å²) in [7, 11) is -3.62. The van der Waals surface area contributed by atoms with Crippen LogP contribution in [0.2, 0.25) is 5.02 Å². The maximum Gasteiger partial charge on any atom is 0.274 e. The number of amides is 1. The first-order valence-electron chi connectivity index (χ1n) is 7.29. The third-order valence-electron chi connectivity index (χ3n) is 3.74. The second-order valence-electron chi connectivity index (χ2n) is 5.24. The minimum atomic E-state index is -3.62. The quantitative estimate of drug-likeness (QED) is 0.817. The van der Waals surface area contributed by atoms with Crippen molar-refractivity contribution >= 4 is 27.5 Å². The monoisotopic (exact) mass is 366 g/mol. The Hall–Kier alpha value is -2.03. The lowest BCUT2D eigenvalue weighted by Gasteiger charge is -2.33. The fourth-order valence-corrected chi connectivity index (χ4v) is 4.20. The van der Waals surface area contributed by atoms with Gasteiger partial charge in [-0.3, -0.25) is 9.78 Å². The molecule has 0 spiro atoms. The normalized spacial score (nSPS) is 16.1. The van der Waals surface area contributed by atoms with Gasteiger partial charge in [-0.15, -0.1) is 0 Å². The largest absolute Gasteiger partial charge is 0.335 e. The van der Waals surface area contributed by atoms with E-state index >= 15 is 0 Å². The van der Waals surface area contributed by atoms with Crippen LogP contribution in [0.1, 0.15) is 10.5 Å². The molecule has 2 aromatic rings. The van der Waals surface area contributed by atoms with Crippen molar-refractivity contribution in [2.45, 2.75) is 4.90 Å². The molecule has 1 aromatic heterocycles. The van der Waals surface area contributed by atoms with E-state index < -0.39 is 10.0 Å². The minimum Gasteiger partial charge on any atom is -0.335 e. The molecule has 0 radical (unpaired) electrons. The number of hydrogen-bond acceptors (Lipinski definition) is 5. The van der Waals surface area contributed by atoms with E-state index in [1.54, 1.807) is 17.0 Å². The number of rotatable bonds is 3. The van der Waals surface area contributed by atoms with Gasteiger partial charge in [-0.25, -0.2) is 13.4 Å². The van der Waals surface area contributed by atoms with Crippen LogP contribution in [-0.4, -0.2) is 59.7 Å². The summed E-state index contributed by atoms with van der Waals surface area (Å²) in [6.07, 6.45) is 4.34. The van der Waals surface area contributed by atoms with E-state index in [2.05, 4.69) is 9.97 Å². The van der Waals surface area contributed by atoms with Crippen LogP contribution >= 0.6 is 11.6 Å². The molecule has 0 unspecified atom stereocenters. The molecule has 1 aliphatic rings. The third-order valence-corrected chi connectivity index (χ3v) is 5.87. The summed E-state index contributed by atoms with van der Waals surface area (Å²) in [5.74, 6) is -0.247. The summed E-state index contributed by atoms with van der Waals surface area (Å²) in [5, 5.41) is 0.368. The van der Waals surface area contributed by atoms with Crippen molar-refractivity contribution in [3.05, 3.63) is 53.6 Å². The molecule has 9 heteroatoms. The second kappa shape index (κ2) is 6.84. The average molecular weight is 367 g/mol. The zero-order chi connectivity index (χ0) is 17.2.